The summed E-state index contributed by atoms with van der Waals surface area (Å²) in [6.45, 7) is 10.4. The Kier molecular flexibility index (Phi) is 9.12. The minimum absolute atomic E-state index is 0. The van der Waals surface area contributed by atoms with Gasteiger partial charge in [-0.25, -0.2) is 0 Å². The molecule has 0 aromatic heterocycles. The Morgan fingerprint density at radius 3 is 1.43 bits per heavy atom. The lowest BCUT2D eigenvalue weighted by molar-refractivity contribution is 1.09. The molecule has 3 aromatic carbocycles. The van der Waals surface area contributed by atoms with E-state index in [1.807, 2.05) is 13.8 Å². The summed E-state index contributed by atoms with van der Waals surface area (Å²) in [7, 11) is 0. The lowest BCUT2D eigenvalue weighted by Gasteiger charge is -2.06. The molecule has 0 heterocycles. The van der Waals surface area contributed by atoms with E-state index in [4.69, 9.17) is 0 Å². The molecule has 0 aliphatic carbocycles. The highest BCUT2D eigenvalue weighted by Crippen LogP contribution is 2.27. The molecule has 21 heavy (non-hydrogen) atoms. The zero-order chi connectivity index (χ0) is 15.0. The minimum Gasteiger partial charge on any atom is -0.0776 e. The first-order valence-electron chi connectivity index (χ1n) is 7.65. The third-order valence-electron chi connectivity index (χ3n) is 3.04. The molecule has 0 unspecified atom stereocenters. The highest BCUT2D eigenvalue weighted by Gasteiger charge is 2.01. The highest BCUT2D eigenvalue weighted by atomic mass is 14.1. The van der Waals surface area contributed by atoms with E-state index in [0.29, 0.717) is 0 Å². The van der Waals surface area contributed by atoms with E-state index in [2.05, 4.69) is 75.4 Å². The predicted molar refractivity (Wildman–Crippen MR) is 100 cm³/mol. The van der Waals surface area contributed by atoms with Gasteiger partial charge in [-0.3, -0.25) is 0 Å². The van der Waals surface area contributed by atoms with Gasteiger partial charge in [-0.05, 0) is 40.1 Å². The van der Waals surface area contributed by atoms with Crippen molar-refractivity contribution in [2.75, 3.05) is 0 Å². The van der Waals surface area contributed by atoms with Crippen LogP contribution in [0.15, 0.2) is 54.6 Å². The summed E-state index contributed by atoms with van der Waals surface area (Å²) in [5.74, 6) is 0. The molecular weight excluding hydrogens is 252 g/mol. The van der Waals surface area contributed by atoms with Crippen LogP contribution in [0.3, 0.4) is 0 Å². The van der Waals surface area contributed by atoms with Crippen molar-refractivity contribution in [1.82, 2.24) is 0 Å². The molecule has 3 rings (SSSR count). The largest absolute Gasteiger partial charge is 0.0776 e. The maximum Gasteiger partial charge on any atom is -0.0148 e. The predicted octanol–water partition coefficient (Wildman–Crippen LogP) is 7.38. The van der Waals surface area contributed by atoms with Crippen LogP contribution in [0.5, 0.6) is 0 Å². The van der Waals surface area contributed by atoms with E-state index in [-0.39, 0.29) is 7.43 Å². The first-order valence-corrected chi connectivity index (χ1v) is 7.65. The third-order valence-corrected chi connectivity index (χ3v) is 3.04. The van der Waals surface area contributed by atoms with Gasteiger partial charge in [-0.2, -0.15) is 0 Å². The number of rotatable bonds is 0. The molecule has 3 aromatic rings. The molecule has 0 nitrogen and oxygen atoms in total. The molecule has 0 saturated heterocycles. The van der Waals surface area contributed by atoms with Gasteiger partial charge < -0.3 is 0 Å². The van der Waals surface area contributed by atoms with Crippen LogP contribution in [0.4, 0.5) is 0 Å². The van der Waals surface area contributed by atoms with Crippen LogP contribution in [0.25, 0.3) is 21.5 Å². The Morgan fingerprint density at radius 1 is 0.714 bits per heavy atom. The van der Waals surface area contributed by atoms with Crippen LogP contribution in [0.1, 0.15) is 47.1 Å². The number of fused-ring (bicyclic) bond motifs is 2. The summed E-state index contributed by atoms with van der Waals surface area (Å²) in [4.78, 5) is 0. The maximum atomic E-state index is 2.26. The second-order valence-electron chi connectivity index (χ2n) is 4.65. The van der Waals surface area contributed by atoms with E-state index >= 15 is 0 Å². The number of benzene rings is 3. The van der Waals surface area contributed by atoms with Crippen molar-refractivity contribution in [2.45, 2.75) is 48.5 Å². The summed E-state index contributed by atoms with van der Waals surface area (Å²) in [5, 5.41) is 5.37. The molecule has 0 atom stereocenters. The van der Waals surface area contributed by atoms with Gasteiger partial charge in [-0.1, -0.05) is 90.1 Å². The molecule has 0 heteroatoms. The smallest absolute Gasteiger partial charge is 0.0148 e. The Hall–Kier alpha value is -1.82. The second-order valence-corrected chi connectivity index (χ2v) is 4.65. The Balaban J connectivity index is 0.000000599. The number of aryl methyl sites for hydroxylation is 1. The van der Waals surface area contributed by atoms with E-state index in [1.165, 1.54) is 33.5 Å². The van der Waals surface area contributed by atoms with Gasteiger partial charge in [0.2, 0.25) is 0 Å². The zero-order valence-corrected chi connectivity index (χ0v) is 13.4. The molecule has 0 aliphatic heterocycles. The first kappa shape index (κ1) is 19.2. The molecular formula is C21H30. The van der Waals surface area contributed by atoms with Crippen LogP contribution >= 0.6 is 0 Å². The van der Waals surface area contributed by atoms with Crippen molar-refractivity contribution < 1.29 is 0 Å². The Morgan fingerprint density at radius 2 is 1.05 bits per heavy atom. The average molecular weight is 282 g/mol. The molecule has 0 fully saturated rings. The fraction of sp³-hybridized carbons (Fsp3) is 0.333. The van der Waals surface area contributed by atoms with E-state index in [1.54, 1.807) is 0 Å². The normalized spacial score (nSPS) is 9.00. The summed E-state index contributed by atoms with van der Waals surface area (Å²) < 4.78 is 0. The third kappa shape index (κ3) is 4.60. The van der Waals surface area contributed by atoms with Gasteiger partial charge in [0.25, 0.3) is 0 Å². The summed E-state index contributed by atoms with van der Waals surface area (Å²) in [6.07, 6.45) is 1.25. The van der Waals surface area contributed by atoms with Crippen LogP contribution in [-0.4, -0.2) is 0 Å². The van der Waals surface area contributed by atoms with Gasteiger partial charge in [-0.15, -0.1) is 0 Å². The molecule has 0 N–H and O–H groups in total. The number of hydrogen-bond acceptors (Lipinski definition) is 0. The van der Waals surface area contributed by atoms with Crippen molar-refractivity contribution in [2.24, 2.45) is 0 Å². The van der Waals surface area contributed by atoms with Crippen molar-refractivity contribution >= 4 is 21.5 Å². The monoisotopic (exact) mass is 282 g/mol. The fourth-order valence-corrected chi connectivity index (χ4v) is 2.24. The van der Waals surface area contributed by atoms with E-state index < -0.39 is 0 Å². The van der Waals surface area contributed by atoms with Crippen molar-refractivity contribution in [3.63, 3.8) is 0 Å². The van der Waals surface area contributed by atoms with Gasteiger partial charge in [0.15, 0.2) is 0 Å². The highest BCUT2D eigenvalue weighted by molar-refractivity contribution is 6.01. The number of hydrogen-bond donors (Lipinski definition) is 0. The molecule has 0 radical (unpaired) electrons. The van der Waals surface area contributed by atoms with Crippen molar-refractivity contribution in [3.8, 4) is 0 Å². The average Bonchev–Trinajstić information content (AvgIpc) is 2.50. The van der Waals surface area contributed by atoms with Gasteiger partial charge >= 0.3 is 0 Å². The van der Waals surface area contributed by atoms with E-state index in [0.717, 1.165) is 0 Å². The molecule has 0 spiro atoms. The quantitative estimate of drug-likeness (QED) is 0.377. The lowest BCUT2D eigenvalue weighted by atomic mass is 9.98. The standard InChI is InChI=1S/C15H12.C3H8.C2H6.CH4/c1-11-14-8-4-2-6-12(14)10-13-7-3-5-9-15(11)13;1-3-2;1-2;/h2-10H,1H3;3H2,1-2H3;1-2H3;1H4. The minimum atomic E-state index is 0. The van der Waals surface area contributed by atoms with Crippen molar-refractivity contribution in [3.05, 3.63) is 60.2 Å². The van der Waals surface area contributed by atoms with Crippen LogP contribution < -0.4 is 0 Å². The van der Waals surface area contributed by atoms with E-state index in [9.17, 15) is 0 Å². The van der Waals surface area contributed by atoms with Crippen molar-refractivity contribution in [1.29, 1.82) is 0 Å². The van der Waals surface area contributed by atoms with Gasteiger partial charge in [0.05, 0.1) is 0 Å². The molecule has 0 bridgehead atoms. The Labute approximate surface area is 130 Å². The summed E-state index contributed by atoms with van der Waals surface area (Å²) in [6, 6.07) is 19.4. The zero-order valence-electron chi connectivity index (χ0n) is 13.4. The molecule has 0 saturated carbocycles. The SMILES string of the molecule is C.CC.CCC.Cc1c2ccccc2cc2ccccc12. The summed E-state index contributed by atoms with van der Waals surface area (Å²) in [5.41, 5.74) is 1.38. The first-order chi connectivity index (χ1) is 9.77. The lowest BCUT2D eigenvalue weighted by Crippen LogP contribution is -1.81. The summed E-state index contributed by atoms with van der Waals surface area (Å²) >= 11 is 0. The van der Waals surface area contributed by atoms with Gasteiger partial charge in [0, 0.05) is 0 Å². The topological polar surface area (TPSA) is 0 Å². The molecule has 0 amide bonds. The van der Waals surface area contributed by atoms with Crippen LogP contribution in [0.2, 0.25) is 0 Å². The van der Waals surface area contributed by atoms with Crippen LogP contribution in [0, 0.1) is 6.92 Å². The van der Waals surface area contributed by atoms with Crippen LogP contribution in [-0.2, 0) is 0 Å². The molecule has 114 valence electrons. The van der Waals surface area contributed by atoms with Gasteiger partial charge in [0.1, 0.15) is 0 Å². The molecule has 0 aliphatic rings. The second kappa shape index (κ2) is 9.99. The fourth-order valence-electron chi connectivity index (χ4n) is 2.24. The Bertz CT molecular complexity index is 596. The maximum absolute atomic E-state index is 2.26.